The third-order valence-electron chi connectivity index (χ3n) is 2.83. The van der Waals surface area contributed by atoms with Gasteiger partial charge in [0.1, 0.15) is 5.69 Å². The Bertz CT molecular complexity index is 852. The normalized spacial score (nSPS) is 10.4. The molecule has 0 saturated carbocycles. The van der Waals surface area contributed by atoms with E-state index in [4.69, 9.17) is 0 Å². The van der Waals surface area contributed by atoms with E-state index in [-0.39, 0.29) is 11.3 Å². The highest BCUT2D eigenvalue weighted by Gasteiger charge is 2.14. The van der Waals surface area contributed by atoms with Gasteiger partial charge in [-0.1, -0.05) is 17.4 Å². The SMILES string of the molecule is Cc1nc(NC(=O)c2ccc(=O)[nH]n2)sc1-c1ccccn1. The molecule has 0 bridgehead atoms. The molecular weight excluding hydrogens is 302 g/mol. The van der Waals surface area contributed by atoms with Crippen molar-refractivity contribution in [3.8, 4) is 10.6 Å². The van der Waals surface area contributed by atoms with Crippen LogP contribution in [0.25, 0.3) is 10.6 Å². The molecule has 3 rings (SSSR count). The number of thiazole rings is 1. The minimum atomic E-state index is -0.433. The third kappa shape index (κ3) is 2.91. The number of nitrogens with zero attached hydrogens (tertiary/aromatic N) is 3. The second-order valence-electron chi connectivity index (χ2n) is 4.41. The predicted octanol–water partition coefficient (Wildman–Crippen LogP) is 1.85. The number of aryl methyl sites for hydroxylation is 1. The van der Waals surface area contributed by atoms with E-state index < -0.39 is 5.91 Å². The first-order valence-corrected chi connectivity index (χ1v) is 7.21. The van der Waals surface area contributed by atoms with Crippen LogP contribution in [-0.4, -0.2) is 26.1 Å². The Morgan fingerprint density at radius 3 is 2.82 bits per heavy atom. The van der Waals surface area contributed by atoms with Crippen molar-refractivity contribution in [3.05, 3.63) is 58.3 Å². The fourth-order valence-electron chi connectivity index (χ4n) is 1.82. The van der Waals surface area contributed by atoms with Gasteiger partial charge in [-0.25, -0.2) is 10.1 Å². The van der Waals surface area contributed by atoms with Crippen LogP contribution in [-0.2, 0) is 0 Å². The zero-order chi connectivity index (χ0) is 15.5. The Labute approximate surface area is 129 Å². The van der Waals surface area contributed by atoms with Gasteiger partial charge in [-0.2, -0.15) is 5.10 Å². The summed E-state index contributed by atoms with van der Waals surface area (Å²) in [4.78, 5) is 32.5. The maximum atomic E-state index is 12.0. The number of pyridine rings is 1. The molecule has 2 N–H and O–H groups in total. The lowest BCUT2D eigenvalue weighted by molar-refractivity contribution is 0.102. The van der Waals surface area contributed by atoms with Gasteiger partial charge < -0.3 is 0 Å². The second-order valence-corrected chi connectivity index (χ2v) is 5.41. The van der Waals surface area contributed by atoms with Crippen LogP contribution in [0.5, 0.6) is 0 Å². The highest BCUT2D eigenvalue weighted by atomic mass is 32.1. The van der Waals surface area contributed by atoms with Crippen molar-refractivity contribution < 1.29 is 4.79 Å². The van der Waals surface area contributed by atoms with Gasteiger partial charge in [-0.05, 0) is 25.1 Å². The summed E-state index contributed by atoms with van der Waals surface area (Å²) < 4.78 is 0. The molecule has 0 radical (unpaired) electrons. The van der Waals surface area contributed by atoms with Gasteiger partial charge in [0.2, 0.25) is 0 Å². The monoisotopic (exact) mass is 313 g/mol. The number of H-pyrrole nitrogens is 1. The largest absolute Gasteiger partial charge is 0.296 e. The molecule has 0 unspecified atom stereocenters. The van der Waals surface area contributed by atoms with Crippen molar-refractivity contribution in [1.82, 2.24) is 20.2 Å². The molecule has 0 saturated heterocycles. The number of aromatic amines is 1. The van der Waals surface area contributed by atoms with Crippen LogP contribution < -0.4 is 10.9 Å². The number of aromatic nitrogens is 4. The van der Waals surface area contributed by atoms with Gasteiger partial charge >= 0.3 is 0 Å². The fourth-order valence-corrected chi connectivity index (χ4v) is 2.76. The van der Waals surface area contributed by atoms with E-state index in [1.807, 2.05) is 25.1 Å². The number of rotatable bonds is 3. The molecule has 3 aromatic rings. The van der Waals surface area contributed by atoms with Crippen molar-refractivity contribution in [2.24, 2.45) is 0 Å². The fraction of sp³-hybridized carbons (Fsp3) is 0.0714. The van der Waals surface area contributed by atoms with Crippen molar-refractivity contribution in [1.29, 1.82) is 0 Å². The van der Waals surface area contributed by atoms with Crippen molar-refractivity contribution in [2.75, 3.05) is 5.32 Å². The number of nitrogens with one attached hydrogen (secondary N) is 2. The van der Waals surface area contributed by atoms with Crippen molar-refractivity contribution >= 4 is 22.4 Å². The number of amides is 1. The average molecular weight is 313 g/mol. The molecule has 7 nitrogen and oxygen atoms in total. The summed E-state index contributed by atoms with van der Waals surface area (Å²) in [6.07, 6.45) is 1.71. The van der Waals surface area contributed by atoms with E-state index in [9.17, 15) is 9.59 Å². The minimum absolute atomic E-state index is 0.117. The van der Waals surface area contributed by atoms with Gasteiger partial charge in [0.25, 0.3) is 11.5 Å². The van der Waals surface area contributed by atoms with Gasteiger partial charge in [0.15, 0.2) is 5.13 Å². The minimum Gasteiger partial charge on any atom is -0.296 e. The number of carbonyl (C=O) groups excluding carboxylic acids is 1. The van der Waals surface area contributed by atoms with Crippen LogP contribution in [0, 0.1) is 6.92 Å². The van der Waals surface area contributed by atoms with E-state index in [0.29, 0.717) is 5.13 Å². The molecule has 0 aromatic carbocycles. The molecule has 8 heteroatoms. The number of hydrogen-bond acceptors (Lipinski definition) is 6. The zero-order valence-corrected chi connectivity index (χ0v) is 12.3. The Kier molecular flexibility index (Phi) is 3.75. The lowest BCUT2D eigenvalue weighted by Gasteiger charge is -1.99. The van der Waals surface area contributed by atoms with E-state index in [1.165, 1.54) is 23.5 Å². The maximum absolute atomic E-state index is 12.0. The first-order chi connectivity index (χ1) is 10.6. The van der Waals surface area contributed by atoms with Crippen LogP contribution in [0.1, 0.15) is 16.2 Å². The van der Waals surface area contributed by atoms with Gasteiger partial charge in [-0.3, -0.25) is 19.9 Å². The molecule has 3 heterocycles. The summed E-state index contributed by atoms with van der Waals surface area (Å²) in [6, 6.07) is 8.21. The second kappa shape index (κ2) is 5.86. The Hall–Kier alpha value is -2.87. The summed E-state index contributed by atoms with van der Waals surface area (Å²) >= 11 is 1.33. The number of carbonyl (C=O) groups is 1. The molecule has 1 amide bonds. The van der Waals surface area contributed by atoms with Gasteiger partial charge in [-0.15, -0.1) is 0 Å². The molecule has 0 fully saturated rings. The molecule has 3 aromatic heterocycles. The van der Waals surface area contributed by atoms with Gasteiger partial charge in [0, 0.05) is 12.3 Å². The summed E-state index contributed by atoms with van der Waals surface area (Å²) in [7, 11) is 0. The Morgan fingerprint density at radius 1 is 1.27 bits per heavy atom. The van der Waals surface area contributed by atoms with Crippen molar-refractivity contribution in [3.63, 3.8) is 0 Å². The molecule has 0 atom stereocenters. The van der Waals surface area contributed by atoms with E-state index in [2.05, 4.69) is 25.5 Å². The number of hydrogen-bond donors (Lipinski definition) is 2. The first-order valence-electron chi connectivity index (χ1n) is 6.39. The Balaban J connectivity index is 1.83. The zero-order valence-electron chi connectivity index (χ0n) is 11.5. The summed E-state index contributed by atoms with van der Waals surface area (Å²) in [5.41, 5.74) is 1.35. The molecule has 0 aliphatic heterocycles. The van der Waals surface area contributed by atoms with Crippen LogP contribution in [0.4, 0.5) is 5.13 Å². The predicted molar refractivity (Wildman–Crippen MR) is 82.9 cm³/mol. The van der Waals surface area contributed by atoms with E-state index >= 15 is 0 Å². The molecule has 0 aliphatic rings. The highest BCUT2D eigenvalue weighted by molar-refractivity contribution is 7.19. The summed E-state index contributed by atoms with van der Waals surface area (Å²) in [6.45, 7) is 1.86. The molecule has 0 spiro atoms. The quantitative estimate of drug-likeness (QED) is 0.768. The van der Waals surface area contributed by atoms with E-state index in [0.717, 1.165) is 16.3 Å². The first kappa shape index (κ1) is 14.1. The van der Waals surface area contributed by atoms with Crippen LogP contribution in [0.15, 0.2) is 41.3 Å². The molecule has 22 heavy (non-hydrogen) atoms. The highest BCUT2D eigenvalue weighted by Crippen LogP contribution is 2.31. The summed E-state index contributed by atoms with van der Waals surface area (Å²) in [5.74, 6) is -0.433. The summed E-state index contributed by atoms with van der Waals surface area (Å²) in [5, 5.41) is 9.01. The van der Waals surface area contributed by atoms with Crippen LogP contribution in [0.2, 0.25) is 0 Å². The number of anilines is 1. The third-order valence-corrected chi connectivity index (χ3v) is 3.92. The molecule has 110 valence electrons. The van der Waals surface area contributed by atoms with E-state index in [1.54, 1.807) is 6.20 Å². The lowest BCUT2D eigenvalue weighted by atomic mass is 10.3. The molecule has 0 aliphatic carbocycles. The van der Waals surface area contributed by atoms with Crippen LogP contribution in [0.3, 0.4) is 0 Å². The maximum Gasteiger partial charge on any atom is 0.277 e. The standard InChI is InChI=1S/C14H11N5O2S/c1-8-12(9-4-2-3-7-15-9)22-14(16-8)17-13(21)10-5-6-11(20)19-18-10/h2-7H,1H3,(H,19,20)(H,16,17,21). The molecular formula is C14H11N5O2S. The van der Waals surface area contributed by atoms with Crippen molar-refractivity contribution in [2.45, 2.75) is 6.92 Å². The lowest BCUT2D eigenvalue weighted by Crippen LogP contribution is -2.17. The van der Waals surface area contributed by atoms with Gasteiger partial charge in [0.05, 0.1) is 16.3 Å². The topological polar surface area (TPSA) is 101 Å². The average Bonchev–Trinajstić information content (AvgIpc) is 2.89. The smallest absolute Gasteiger partial charge is 0.277 e. The Morgan fingerprint density at radius 2 is 2.14 bits per heavy atom. The van der Waals surface area contributed by atoms with Crippen LogP contribution >= 0.6 is 11.3 Å².